The normalized spacial score (nSPS) is 47.6. The highest BCUT2D eigenvalue weighted by Crippen LogP contribution is 2.60. The van der Waals surface area contributed by atoms with Gasteiger partial charge in [0.15, 0.2) is 0 Å². The zero-order chi connectivity index (χ0) is 12.9. The summed E-state index contributed by atoms with van der Waals surface area (Å²) in [6.07, 6.45) is 10.2. The van der Waals surface area contributed by atoms with Crippen molar-refractivity contribution in [3.05, 3.63) is 0 Å². The molecule has 5 aliphatic rings. The minimum absolute atomic E-state index is 0.00730. The van der Waals surface area contributed by atoms with E-state index in [2.05, 4.69) is 5.32 Å². The molecule has 1 aliphatic heterocycles. The summed E-state index contributed by atoms with van der Waals surface area (Å²) in [5.41, 5.74) is 0.00730. The van der Waals surface area contributed by atoms with Crippen molar-refractivity contribution >= 4 is 5.91 Å². The van der Waals surface area contributed by atoms with E-state index in [1.807, 2.05) is 0 Å². The number of carbonyl (C=O) groups is 1. The molecule has 4 bridgehead atoms. The van der Waals surface area contributed by atoms with Crippen molar-refractivity contribution in [2.75, 3.05) is 13.2 Å². The highest BCUT2D eigenvalue weighted by Gasteiger charge is 2.54. The SMILES string of the molecule is O=C(NCC1CCCO1)C12CC3CC(CC(C3)C1)C2. The number of amides is 1. The molecule has 4 aliphatic carbocycles. The van der Waals surface area contributed by atoms with Crippen LogP contribution in [0.3, 0.4) is 0 Å². The molecule has 1 amide bonds. The van der Waals surface area contributed by atoms with Crippen LogP contribution >= 0.6 is 0 Å². The largest absolute Gasteiger partial charge is 0.376 e. The maximum Gasteiger partial charge on any atom is 0.226 e. The number of hydrogen-bond donors (Lipinski definition) is 1. The van der Waals surface area contributed by atoms with Crippen molar-refractivity contribution < 1.29 is 9.53 Å². The quantitative estimate of drug-likeness (QED) is 0.849. The Morgan fingerprint density at radius 1 is 1.11 bits per heavy atom. The van der Waals surface area contributed by atoms with Gasteiger partial charge in [-0.25, -0.2) is 0 Å². The molecule has 1 unspecified atom stereocenters. The van der Waals surface area contributed by atoms with E-state index in [1.54, 1.807) is 0 Å². The van der Waals surface area contributed by atoms with Crippen LogP contribution in [0.25, 0.3) is 0 Å². The molecule has 3 nitrogen and oxygen atoms in total. The summed E-state index contributed by atoms with van der Waals surface area (Å²) >= 11 is 0. The first kappa shape index (κ1) is 12.2. The van der Waals surface area contributed by atoms with Crippen LogP contribution in [0.5, 0.6) is 0 Å². The Balaban J connectivity index is 1.41. The van der Waals surface area contributed by atoms with Crippen LogP contribution < -0.4 is 5.32 Å². The first-order chi connectivity index (χ1) is 9.23. The van der Waals surface area contributed by atoms with Crippen LogP contribution in [0, 0.1) is 23.2 Å². The summed E-state index contributed by atoms with van der Waals surface area (Å²) < 4.78 is 5.61. The predicted molar refractivity (Wildman–Crippen MR) is 72.6 cm³/mol. The third-order valence-corrected chi connectivity index (χ3v) is 6.03. The summed E-state index contributed by atoms with van der Waals surface area (Å²) in [5, 5.41) is 3.22. The van der Waals surface area contributed by atoms with Gasteiger partial charge >= 0.3 is 0 Å². The van der Waals surface area contributed by atoms with Gasteiger partial charge in [-0.3, -0.25) is 4.79 Å². The number of rotatable bonds is 3. The Kier molecular flexibility index (Phi) is 2.87. The van der Waals surface area contributed by atoms with Gasteiger partial charge in [-0.15, -0.1) is 0 Å². The first-order valence-electron chi connectivity index (χ1n) is 8.13. The standard InChI is InChI=1S/C16H25NO2/c18-15(17-10-14-2-1-3-19-14)16-7-11-4-12(8-16)6-13(5-11)9-16/h11-14H,1-10H2,(H,17,18). The molecule has 0 spiro atoms. The van der Waals surface area contributed by atoms with Crippen molar-refractivity contribution in [3.63, 3.8) is 0 Å². The number of carbonyl (C=O) groups excluding carboxylic acids is 1. The highest BCUT2D eigenvalue weighted by atomic mass is 16.5. The summed E-state index contributed by atoms with van der Waals surface area (Å²) in [6.45, 7) is 1.61. The topological polar surface area (TPSA) is 38.3 Å². The molecule has 0 radical (unpaired) electrons. The summed E-state index contributed by atoms with van der Waals surface area (Å²) in [7, 11) is 0. The van der Waals surface area contributed by atoms with Gasteiger partial charge in [0.05, 0.1) is 6.10 Å². The van der Waals surface area contributed by atoms with Gasteiger partial charge in [-0.2, -0.15) is 0 Å². The highest BCUT2D eigenvalue weighted by molar-refractivity contribution is 5.83. The van der Waals surface area contributed by atoms with E-state index in [0.717, 1.165) is 63.0 Å². The molecule has 0 aromatic heterocycles. The van der Waals surface area contributed by atoms with E-state index in [-0.39, 0.29) is 11.5 Å². The van der Waals surface area contributed by atoms with Gasteiger partial charge in [-0.1, -0.05) is 0 Å². The molecule has 0 aromatic rings. The van der Waals surface area contributed by atoms with Gasteiger partial charge in [0.2, 0.25) is 5.91 Å². The Labute approximate surface area is 115 Å². The summed E-state index contributed by atoms with van der Waals surface area (Å²) in [6, 6.07) is 0. The molecule has 5 fully saturated rings. The summed E-state index contributed by atoms with van der Waals surface area (Å²) in [4.78, 5) is 12.7. The Hall–Kier alpha value is -0.570. The van der Waals surface area contributed by atoms with E-state index < -0.39 is 0 Å². The molecule has 5 rings (SSSR count). The lowest BCUT2D eigenvalue weighted by Crippen LogP contribution is -2.54. The minimum atomic E-state index is 0.00730. The van der Waals surface area contributed by atoms with Crippen molar-refractivity contribution in [2.24, 2.45) is 23.2 Å². The fraction of sp³-hybridized carbons (Fsp3) is 0.938. The molecular weight excluding hydrogens is 238 g/mol. The molecule has 1 saturated heterocycles. The van der Waals surface area contributed by atoms with Crippen molar-refractivity contribution in [3.8, 4) is 0 Å². The van der Waals surface area contributed by atoms with E-state index >= 15 is 0 Å². The van der Waals surface area contributed by atoms with Crippen LogP contribution in [0.2, 0.25) is 0 Å². The fourth-order valence-electron chi connectivity index (χ4n) is 5.59. The lowest BCUT2D eigenvalue weighted by molar-refractivity contribution is -0.146. The van der Waals surface area contributed by atoms with E-state index in [1.165, 1.54) is 19.3 Å². The number of ether oxygens (including phenoxy) is 1. The zero-order valence-corrected chi connectivity index (χ0v) is 11.7. The van der Waals surface area contributed by atoms with Crippen molar-refractivity contribution in [2.45, 2.75) is 57.5 Å². The minimum Gasteiger partial charge on any atom is -0.376 e. The van der Waals surface area contributed by atoms with Crippen LogP contribution in [-0.4, -0.2) is 25.2 Å². The van der Waals surface area contributed by atoms with E-state index in [0.29, 0.717) is 5.91 Å². The Morgan fingerprint density at radius 2 is 1.74 bits per heavy atom. The van der Waals surface area contributed by atoms with Gasteiger partial charge in [-0.05, 0) is 69.1 Å². The Morgan fingerprint density at radius 3 is 2.26 bits per heavy atom. The third kappa shape index (κ3) is 2.10. The van der Waals surface area contributed by atoms with Gasteiger partial charge in [0, 0.05) is 18.6 Å². The van der Waals surface area contributed by atoms with Crippen LogP contribution in [0.15, 0.2) is 0 Å². The molecule has 4 saturated carbocycles. The molecule has 1 atom stereocenters. The second-order valence-electron chi connectivity index (χ2n) is 7.54. The van der Waals surface area contributed by atoms with E-state index in [9.17, 15) is 4.79 Å². The van der Waals surface area contributed by atoms with E-state index in [4.69, 9.17) is 4.74 Å². The zero-order valence-electron chi connectivity index (χ0n) is 11.7. The van der Waals surface area contributed by atoms with Crippen LogP contribution in [0.4, 0.5) is 0 Å². The van der Waals surface area contributed by atoms with Crippen molar-refractivity contribution in [1.29, 1.82) is 0 Å². The first-order valence-corrected chi connectivity index (χ1v) is 8.13. The number of nitrogens with one attached hydrogen (secondary N) is 1. The smallest absolute Gasteiger partial charge is 0.226 e. The molecule has 106 valence electrons. The maximum absolute atomic E-state index is 12.7. The molecular formula is C16H25NO2. The molecule has 1 heterocycles. The number of hydrogen-bond acceptors (Lipinski definition) is 2. The average Bonchev–Trinajstić information content (AvgIpc) is 2.87. The average molecular weight is 263 g/mol. The molecule has 1 N–H and O–H groups in total. The predicted octanol–water partition coefficient (Wildman–Crippen LogP) is 2.50. The molecule has 0 aromatic carbocycles. The maximum atomic E-state index is 12.7. The van der Waals surface area contributed by atoms with Gasteiger partial charge in [0.25, 0.3) is 0 Å². The second-order valence-corrected chi connectivity index (χ2v) is 7.54. The van der Waals surface area contributed by atoms with Crippen molar-refractivity contribution in [1.82, 2.24) is 5.32 Å². The monoisotopic (exact) mass is 263 g/mol. The third-order valence-electron chi connectivity index (χ3n) is 6.03. The van der Waals surface area contributed by atoms with Gasteiger partial charge in [0.1, 0.15) is 0 Å². The van der Waals surface area contributed by atoms with Gasteiger partial charge < -0.3 is 10.1 Å². The fourth-order valence-corrected chi connectivity index (χ4v) is 5.59. The van der Waals surface area contributed by atoms with Crippen LogP contribution in [0.1, 0.15) is 51.4 Å². The lowest BCUT2D eigenvalue weighted by Gasteiger charge is -2.55. The summed E-state index contributed by atoms with van der Waals surface area (Å²) in [5.74, 6) is 2.89. The molecule has 19 heavy (non-hydrogen) atoms. The lowest BCUT2D eigenvalue weighted by atomic mass is 9.49. The second kappa shape index (κ2) is 4.47. The Bertz CT molecular complexity index is 338. The molecule has 3 heteroatoms. The van der Waals surface area contributed by atoms with Crippen LogP contribution in [-0.2, 0) is 9.53 Å².